The molecule has 0 spiro atoms. The highest BCUT2D eigenvalue weighted by Crippen LogP contribution is 2.36. The Morgan fingerprint density at radius 3 is 1.70 bits per heavy atom. The average molecular weight is 650 g/mol. The molecule has 0 bridgehead atoms. The maximum Gasteiger partial charge on any atom is 0.410 e. The molecule has 2 aromatic rings. The van der Waals surface area contributed by atoms with Gasteiger partial charge >= 0.3 is 12.2 Å². The van der Waals surface area contributed by atoms with E-state index in [-0.39, 0.29) is 30.9 Å². The Morgan fingerprint density at radius 2 is 1.25 bits per heavy atom. The molecule has 2 aliphatic heterocycles. The van der Waals surface area contributed by atoms with Gasteiger partial charge < -0.3 is 24.4 Å². The topological polar surface area (TPSA) is 96.4 Å². The van der Waals surface area contributed by atoms with Crippen LogP contribution in [0.4, 0.5) is 9.59 Å². The van der Waals surface area contributed by atoms with Crippen molar-refractivity contribution in [1.29, 1.82) is 0 Å². The molecule has 44 heavy (non-hydrogen) atoms. The number of likely N-dealkylation sites (tertiary alicyclic amines) is 2. The summed E-state index contributed by atoms with van der Waals surface area (Å²) < 4.78 is 11.0. The predicted octanol–water partition coefficient (Wildman–Crippen LogP) is 8.91. The van der Waals surface area contributed by atoms with E-state index in [1.165, 1.54) is 0 Å². The minimum Gasteiger partial charge on any atom is -0.444 e. The molecule has 1 N–H and O–H groups in total. The number of piperidine rings is 2. The van der Waals surface area contributed by atoms with Crippen molar-refractivity contribution in [3.05, 3.63) is 68.7 Å². The number of carbonyl (C=O) groups is 3. The summed E-state index contributed by atoms with van der Waals surface area (Å²) in [7, 11) is 0. The number of nitrogens with zero attached hydrogens (tertiary/aromatic N) is 2. The fraction of sp³-hybridized carbons (Fsp3) is 0.559. The molecular formula is C34H46Cl2N2O6. The van der Waals surface area contributed by atoms with Crippen molar-refractivity contribution in [2.75, 3.05) is 13.1 Å². The number of hydrogen-bond donors (Lipinski definition) is 1. The normalized spacial score (nSPS) is 19.0. The highest BCUT2D eigenvalue weighted by Gasteiger charge is 2.34. The van der Waals surface area contributed by atoms with Crippen molar-refractivity contribution in [1.82, 2.24) is 9.80 Å². The summed E-state index contributed by atoms with van der Waals surface area (Å²) in [6.45, 7) is 12.4. The monoisotopic (exact) mass is 648 g/mol. The Hall–Kier alpha value is -2.81. The van der Waals surface area contributed by atoms with Gasteiger partial charge in [-0.2, -0.15) is 0 Å². The van der Waals surface area contributed by atoms with Crippen molar-refractivity contribution in [3.8, 4) is 0 Å². The molecule has 4 rings (SSSR count). The van der Waals surface area contributed by atoms with Crippen LogP contribution in [-0.4, -0.2) is 57.7 Å². The van der Waals surface area contributed by atoms with Gasteiger partial charge in [0.05, 0.1) is 18.7 Å². The number of aliphatic hydroxyl groups excluding tert-OH is 1. The Bertz CT molecular complexity index is 1300. The number of hydrogen-bond acceptors (Lipinski definition) is 6. The molecule has 2 unspecified atom stereocenters. The Morgan fingerprint density at radius 1 is 0.795 bits per heavy atom. The molecule has 0 aromatic heterocycles. The minimum atomic E-state index is -0.541. The summed E-state index contributed by atoms with van der Waals surface area (Å²) in [6, 6.07) is 10.3. The standard InChI is InChI=1S/C17H24ClNO3.C17H22ClNO3/c2*1-17(2,3)22-16(21)19-9-5-4-6-15(19)14-10-13(18)8-7-12(14)11-20/h7-8,10,15,20H,4-6,9,11H2,1-3H3;7-8,10-11,15H,4-6,9H2,1-3H3. The predicted molar refractivity (Wildman–Crippen MR) is 173 cm³/mol. The average Bonchev–Trinajstić information content (AvgIpc) is 2.95. The van der Waals surface area contributed by atoms with Gasteiger partial charge in [-0.15, -0.1) is 0 Å². The molecule has 10 heteroatoms. The van der Waals surface area contributed by atoms with Crippen molar-refractivity contribution < 1.29 is 29.0 Å². The Labute approximate surface area is 271 Å². The van der Waals surface area contributed by atoms with Gasteiger partial charge in [0, 0.05) is 28.7 Å². The second-order valence-corrected chi connectivity index (χ2v) is 14.1. The van der Waals surface area contributed by atoms with Crippen LogP contribution < -0.4 is 0 Å². The first-order valence-corrected chi connectivity index (χ1v) is 16.0. The van der Waals surface area contributed by atoms with Gasteiger partial charge in [-0.05, 0) is 127 Å². The van der Waals surface area contributed by atoms with E-state index in [9.17, 15) is 19.5 Å². The fourth-order valence-corrected chi connectivity index (χ4v) is 5.91. The second kappa shape index (κ2) is 15.5. The zero-order valence-corrected chi connectivity index (χ0v) is 28.2. The number of aldehydes is 1. The van der Waals surface area contributed by atoms with Gasteiger partial charge in [-0.3, -0.25) is 4.79 Å². The largest absolute Gasteiger partial charge is 0.444 e. The summed E-state index contributed by atoms with van der Waals surface area (Å²) in [5.41, 5.74) is 2.04. The summed E-state index contributed by atoms with van der Waals surface area (Å²) >= 11 is 12.2. The van der Waals surface area contributed by atoms with Crippen molar-refractivity contribution in [2.45, 2.75) is 110 Å². The van der Waals surface area contributed by atoms with Crippen LogP contribution in [0.1, 0.15) is 119 Å². The molecule has 0 aliphatic carbocycles. The van der Waals surface area contributed by atoms with Crippen LogP contribution in [0.5, 0.6) is 0 Å². The van der Waals surface area contributed by atoms with E-state index >= 15 is 0 Å². The molecule has 2 aromatic carbocycles. The van der Waals surface area contributed by atoms with Crippen molar-refractivity contribution >= 4 is 41.7 Å². The van der Waals surface area contributed by atoms with Crippen molar-refractivity contribution in [2.24, 2.45) is 0 Å². The lowest BCUT2D eigenvalue weighted by Crippen LogP contribution is -2.42. The van der Waals surface area contributed by atoms with Gasteiger partial charge in [-0.1, -0.05) is 29.3 Å². The number of benzene rings is 2. The minimum absolute atomic E-state index is 0.0643. The highest BCUT2D eigenvalue weighted by molar-refractivity contribution is 6.31. The molecule has 2 atom stereocenters. The van der Waals surface area contributed by atoms with Gasteiger partial charge in [0.2, 0.25) is 0 Å². The second-order valence-electron chi connectivity index (χ2n) is 13.3. The third-order valence-electron chi connectivity index (χ3n) is 7.43. The number of amides is 2. The van der Waals surface area contributed by atoms with Crippen molar-refractivity contribution in [3.63, 3.8) is 0 Å². The molecule has 2 saturated heterocycles. The first-order chi connectivity index (χ1) is 20.6. The molecule has 2 aliphatic rings. The molecule has 2 heterocycles. The van der Waals surface area contributed by atoms with E-state index in [4.69, 9.17) is 32.7 Å². The lowest BCUT2D eigenvalue weighted by atomic mass is 9.92. The lowest BCUT2D eigenvalue weighted by Gasteiger charge is -2.37. The Balaban J connectivity index is 0.000000240. The zero-order valence-electron chi connectivity index (χ0n) is 26.7. The summed E-state index contributed by atoms with van der Waals surface area (Å²) in [5.74, 6) is 0. The molecule has 0 saturated carbocycles. The maximum absolute atomic E-state index is 12.5. The van der Waals surface area contributed by atoms with E-state index in [1.807, 2.05) is 53.7 Å². The van der Waals surface area contributed by atoms with Crippen LogP contribution >= 0.6 is 23.2 Å². The molecule has 8 nitrogen and oxygen atoms in total. The van der Waals surface area contributed by atoms with Gasteiger partial charge in [0.1, 0.15) is 17.5 Å². The first kappa shape index (κ1) is 35.7. The van der Waals surface area contributed by atoms with Crippen LogP contribution in [0.15, 0.2) is 36.4 Å². The molecule has 0 radical (unpaired) electrons. The Kier molecular flexibility index (Phi) is 12.5. The van der Waals surface area contributed by atoms with E-state index in [0.717, 1.165) is 61.5 Å². The van der Waals surface area contributed by atoms with E-state index in [2.05, 4.69) is 0 Å². The molecule has 2 fully saturated rings. The number of ether oxygens (including phenoxy) is 2. The summed E-state index contributed by atoms with van der Waals surface area (Å²) in [5, 5.41) is 10.8. The van der Waals surface area contributed by atoms with Gasteiger partial charge in [0.25, 0.3) is 0 Å². The smallest absolute Gasteiger partial charge is 0.410 e. The van der Waals surface area contributed by atoms with E-state index in [1.54, 1.807) is 34.1 Å². The van der Waals surface area contributed by atoms with Crippen LogP contribution in [0.25, 0.3) is 0 Å². The van der Waals surface area contributed by atoms with Crippen LogP contribution in [0, 0.1) is 0 Å². The number of rotatable bonds is 4. The third-order valence-corrected chi connectivity index (χ3v) is 7.90. The summed E-state index contributed by atoms with van der Waals surface area (Å²) in [6.07, 6.45) is 5.78. The zero-order chi connectivity index (χ0) is 32.7. The molecular weight excluding hydrogens is 603 g/mol. The van der Waals surface area contributed by atoms with E-state index in [0.29, 0.717) is 28.7 Å². The fourth-order valence-electron chi connectivity index (χ4n) is 5.55. The third kappa shape index (κ3) is 10.1. The van der Waals surface area contributed by atoms with Crippen LogP contribution in [0.2, 0.25) is 10.0 Å². The number of carbonyl (C=O) groups excluding carboxylic acids is 3. The maximum atomic E-state index is 12.5. The number of aliphatic hydroxyl groups is 1. The van der Waals surface area contributed by atoms with Crippen LogP contribution in [-0.2, 0) is 16.1 Å². The van der Waals surface area contributed by atoms with Gasteiger partial charge in [0.15, 0.2) is 0 Å². The lowest BCUT2D eigenvalue weighted by molar-refractivity contribution is 0.00838. The quantitative estimate of drug-likeness (QED) is 0.333. The molecule has 2 amide bonds. The first-order valence-electron chi connectivity index (χ1n) is 15.3. The SMILES string of the molecule is CC(C)(C)OC(=O)N1CCCCC1c1cc(Cl)ccc1C=O.CC(C)(C)OC(=O)N1CCCCC1c1cc(Cl)ccc1CO. The highest BCUT2D eigenvalue weighted by atomic mass is 35.5. The number of halogens is 2. The van der Waals surface area contributed by atoms with E-state index < -0.39 is 11.2 Å². The molecule has 242 valence electrons. The van der Waals surface area contributed by atoms with Gasteiger partial charge in [-0.25, -0.2) is 9.59 Å². The summed E-state index contributed by atoms with van der Waals surface area (Å²) in [4.78, 5) is 39.7. The van der Waals surface area contributed by atoms with Crippen LogP contribution in [0.3, 0.4) is 0 Å².